The smallest absolute Gasteiger partial charge is 0.420 e. The van der Waals surface area contributed by atoms with Crippen molar-refractivity contribution in [1.29, 1.82) is 0 Å². The number of hydrogen-bond donors (Lipinski definition) is 1. The molecule has 2 atom stereocenters. The van der Waals surface area contributed by atoms with Crippen molar-refractivity contribution < 1.29 is 41.2 Å². The molecule has 0 saturated carbocycles. The lowest BCUT2D eigenvalue weighted by Gasteiger charge is -2.33. The Labute approximate surface area is 207 Å². The van der Waals surface area contributed by atoms with E-state index in [4.69, 9.17) is 24.1 Å². The Morgan fingerprint density at radius 2 is 1.49 bits per heavy atom. The highest BCUT2D eigenvalue weighted by Gasteiger charge is 2.42. The predicted octanol–water partition coefficient (Wildman–Crippen LogP) is 2.96. The first kappa shape index (κ1) is 30.3. The van der Waals surface area contributed by atoms with Crippen molar-refractivity contribution >= 4 is 28.3 Å². The zero-order chi connectivity index (χ0) is 27.0. The Bertz CT molecular complexity index is 967. The Hall–Kier alpha value is -2.70. The first-order chi connectivity index (χ1) is 15.9. The van der Waals surface area contributed by atoms with Gasteiger partial charge in [0.15, 0.2) is 0 Å². The van der Waals surface area contributed by atoms with Crippen molar-refractivity contribution in [1.82, 2.24) is 4.90 Å². The van der Waals surface area contributed by atoms with Crippen molar-refractivity contribution in [2.75, 3.05) is 12.8 Å². The second kappa shape index (κ2) is 12.3. The van der Waals surface area contributed by atoms with E-state index in [1.807, 2.05) is 0 Å². The zero-order valence-corrected chi connectivity index (χ0v) is 22.1. The molecular weight excluding hydrogens is 480 g/mol. The molecule has 0 fully saturated rings. The van der Waals surface area contributed by atoms with Crippen LogP contribution in [0.1, 0.15) is 53.5 Å². The van der Waals surface area contributed by atoms with E-state index in [1.54, 1.807) is 71.9 Å². The summed E-state index contributed by atoms with van der Waals surface area (Å²) in [6.07, 6.45) is -3.26. The summed E-state index contributed by atoms with van der Waals surface area (Å²) >= 11 is 0. The van der Waals surface area contributed by atoms with E-state index in [1.165, 1.54) is 0 Å². The van der Waals surface area contributed by atoms with Gasteiger partial charge in [-0.3, -0.25) is 4.18 Å². The molecule has 2 N–H and O–H groups in total. The number of ether oxygens (including phenoxy) is 3. The van der Waals surface area contributed by atoms with Crippen molar-refractivity contribution in [2.24, 2.45) is 5.73 Å². The Kier molecular flexibility index (Phi) is 10.7. The van der Waals surface area contributed by atoms with Crippen LogP contribution in [0.4, 0.5) is 9.59 Å². The highest BCUT2D eigenvalue weighted by atomic mass is 32.2. The van der Waals surface area contributed by atoms with Crippen LogP contribution in [0.25, 0.3) is 0 Å². The summed E-state index contributed by atoms with van der Waals surface area (Å²) in [6, 6.07) is 7.04. The monoisotopic (exact) mass is 516 g/mol. The van der Waals surface area contributed by atoms with Gasteiger partial charge in [0, 0.05) is 13.0 Å². The quantitative estimate of drug-likeness (QED) is 0.294. The van der Waals surface area contributed by atoms with Crippen molar-refractivity contribution in [2.45, 2.75) is 77.9 Å². The topological polar surface area (TPSA) is 152 Å². The minimum Gasteiger partial charge on any atom is -0.458 e. The highest BCUT2D eigenvalue weighted by Crippen LogP contribution is 2.21. The van der Waals surface area contributed by atoms with Crippen LogP contribution in [0.5, 0.6) is 0 Å². The number of esters is 1. The lowest BCUT2D eigenvalue weighted by molar-refractivity contribution is -0.161. The fourth-order valence-electron chi connectivity index (χ4n) is 2.78. The number of carbonyl (C=O) groups excluding carboxylic acids is 3. The van der Waals surface area contributed by atoms with Crippen LogP contribution in [0, 0.1) is 0 Å². The van der Waals surface area contributed by atoms with Crippen LogP contribution in [-0.4, -0.2) is 67.6 Å². The van der Waals surface area contributed by atoms with Gasteiger partial charge in [-0.05, 0) is 47.1 Å². The van der Waals surface area contributed by atoms with Crippen LogP contribution in [-0.2, 0) is 39.9 Å². The number of carbonyl (C=O) groups is 3. The molecular formula is C23H36N2O9S. The first-order valence-electron chi connectivity index (χ1n) is 11.0. The number of nitrogens with two attached hydrogens (primary N) is 1. The Morgan fingerprint density at radius 1 is 0.943 bits per heavy atom. The Morgan fingerprint density at radius 3 is 1.94 bits per heavy atom. The van der Waals surface area contributed by atoms with Gasteiger partial charge in [-0.15, -0.1) is 0 Å². The molecule has 0 heterocycles. The highest BCUT2D eigenvalue weighted by molar-refractivity contribution is 7.86. The molecule has 0 unspecified atom stereocenters. The standard InChI is InChI=1S/C23H36N2O9S/c1-22(2,3)32-19(26)18(13-17(14-24)34-35(7,29)30)25(21(28)33-23(4,5)6)20(27)31-15-16-11-9-8-10-12-16/h8-12,17-18H,13-15,24H2,1-7H3/t17-,18+/m1/s1. The van der Waals surface area contributed by atoms with Crippen LogP contribution in [0.2, 0.25) is 0 Å². The van der Waals surface area contributed by atoms with E-state index in [2.05, 4.69) is 0 Å². The molecule has 11 nitrogen and oxygen atoms in total. The lowest BCUT2D eigenvalue weighted by Crippen LogP contribution is -2.54. The summed E-state index contributed by atoms with van der Waals surface area (Å²) in [5.41, 5.74) is 4.28. The molecule has 12 heteroatoms. The summed E-state index contributed by atoms with van der Waals surface area (Å²) in [5, 5.41) is 0. The Balaban J connectivity index is 3.40. The number of amides is 2. The normalized spacial score (nSPS) is 13.9. The molecule has 2 amide bonds. The molecule has 0 saturated heterocycles. The van der Waals surface area contributed by atoms with Crippen molar-refractivity contribution in [3.63, 3.8) is 0 Å². The van der Waals surface area contributed by atoms with Gasteiger partial charge < -0.3 is 19.9 Å². The number of nitrogens with zero attached hydrogens (tertiary/aromatic N) is 1. The number of rotatable bonds is 9. The molecule has 0 spiro atoms. The second-order valence-corrected chi connectivity index (χ2v) is 11.4. The number of hydrogen-bond acceptors (Lipinski definition) is 10. The fraction of sp³-hybridized carbons (Fsp3) is 0.609. The third-order valence-electron chi connectivity index (χ3n) is 4.04. The maximum Gasteiger partial charge on any atom is 0.420 e. The van der Waals surface area contributed by atoms with Crippen molar-refractivity contribution in [3.05, 3.63) is 35.9 Å². The van der Waals surface area contributed by atoms with Crippen LogP contribution in [0.15, 0.2) is 30.3 Å². The lowest BCUT2D eigenvalue weighted by atomic mass is 10.1. The van der Waals surface area contributed by atoms with Crippen LogP contribution in [0.3, 0.4) is 0 Å². The van der Waals surface area contributed by atoms with Gasteiger partial charge in [0.25, 0.3) is 10.1 Å². The molecule has 1 aromatic carbocycles. The van der Waals surface area contributed by atoms with Crippen LogP contribution >= 0.6 is 0 Å². The van der Waals surface area contributed by atoms with Gasteiger partial charge in [-0.1, -0.05) is 30.3 Å². The molecule has 0 aliphatic carbocycles. The molecule has 35 heavy (non-hydrogen) atoms. The minimum absolute atomic E-state index is 0.194. The maximum atomic E-state index is 13.1. The molecule has 0 aliphatic heterocycles. The van der Waals surface area contributed by atoms with E-state index in [-0.39, 0.29) is 13.2 Å². The van der Waals surface area contributed by atoms with Gasteiger partial charge in [-0.2, -0.15) is 13.3 Å². The molecule has 1 aromatic rings. The van der Waals surface area contributed by atoms with Gasteiger partial charge in [0.05, 0.1) is 12.4 Å². The van der Waals surface area contributed by atoms with Gasteiger partial charge in [-0.25, -0.2) is 14.4 Å². The predicted molar refractivity (Wildman–Crippen MR) is 128 cm³/mol. The first-order valence-corrected chi connectivity index (χ1v) is 12.8. The molecule has 1 rings (SSSR count). The summed E-state index contributed by atoms with van der Waals surface area (Å²) < 4.78 is 44.3. The fourth-order valence-corrected chi connectivity index (χ4v) is 3.43. The average Bonchev–Trinajstić information content (AvgIpc) is 2.68. The summed E-state index contributed by atoms with van der Waals surface area (Å²) in [7, 11) is -3.97. The third-order valence-corrected chi connectivity index (χ3v) is 4.66. The second-order valence-electron chi connectivity index (χ2n) is 9.83. The summed E-state index contributed by atoms with van der Waals surface area (Å²) in [6.45, 7) is 9.01. The van der Waals surface area contributed by atoms with Crippen LogP contribution < -0.4 is 5.73 Å². The van der Waals surface area contributed by atoms with E-state index >= 15 is 0 Å². The van der Waals surface area contributed by atoms with Gasteiger partial charge in [0.2, 0.25) is 0 Å². The molecule has 0 bridgehead atoms. The van der Waals surface area contributed by atoms with Gasteiger partial charge in [0.1, 0.15) is 23.9 Å². The van der Waals surface area contributed by atoms with E-state index in [0.717, 1.165) is 6.26 Å². The summed E-state index contributed by atoms with van der Waals surface area (Å²) in [5.74, 6) is -0.990. The minimum atomic E-state index is -3.97. The summed E-state index contributed by atoms with van der Waals surface area (Å²) in [4.78, 5) is 39.8. The van der Waals surface area contributed by atoms with E-state index in [0.29, 0.717) is 10.5 Å². The average molecular weight is 517 g/mol. The van der Waals surface area contributed by atoms with Gasteiger partial charge >= 0.3 is 18.2 Å². The molecule has 0 aliphatic rings. The number of benzene rings is 1. The van der Waals surface area contributed by atoms with E-state index in [9.17, 15) is 22.8 Å². The van der Waals surface area contributed by atoms with E-state index < -0.39 is 58.0 Å². The maximum absolute atomic E-state index is 13.1. The third kappa shape index (κ3) is 12.0. The van der Waals surface area contributed by atoms with Crippen molar-refractivity contribution in [3.8, 4) is 0 Å². The number of imide groups is 1. The molecule has 0 radical (unpaired) electrons. The zero-order valence-electron chi connectivity index (χ0n) is 21.3. The largest absolute Gasteiger partial charge is 0.458 e. The molecule has 0 aromatic heterocycles. The SMILES string of the molecule is CC(C)(C)OC(=O)[C@H](C[C@H](CN)OS(C)(=O)=O)N(C(=O)OCc1ccccc1)C(=O)OC(C)(C)C. The molecule has 198 valence electrons.